The molecule has 4 heteroatoms. The highest BCUT2D eigenvalue weighted by atomic mass is 16.6. The van der Waals surface area contributed by atoms with Crippen LogP contribution in [0.25, 0.3) is 0 Å². The second-order valence-corrected chi connectivity index (χ2v) is 2.63. The van der Waals surface area contributed by atoms with Crippen LogP contribution in [0.2, 0.25) is 0 Å². The zero-order valence-electron chi connectivity index (χ0n) is 6.78. The standard InChI is InChI=1S/C9H7NO3/c10-5-6-3-7(11)4-8-9(6)13-2-1-12-8/h3-4,11H,1-2H2. The molecular formula is C9H7NO3. The first-order chi connectivity index (χ1) is 6.31. The third kappa shape index (κ3) is 1.25. The van der Waals surface area contributed by atoms with Crippen molar-refractivity contribution in [1.82, 2.24) is 0 Å². The van der Waals surface area contributed by atoms with Gasteiger partial charge in [-0.25, -0.2) is 0 Å². The molecule has 0 atom stereocenters. The summed E-state index contributed by atoms with van der Waals surface area (Å²) in [5.74, 6) is 0.871. The molecular weight excluding hydrogens is 170 g/mol. The molecule has 0 radical (unpaired) electrons. The number of hydrogen-bond donors (Lipinski definition) is 1. The van der Waals surface area contributed by atoms with Crippen molar-refractivity contribution in [2.75, 3.05) is 13.2 Å². The Balaban J connectivity index is 2.58. The minimum absolute atomic E-state index is 0.0146. The lowest BCUT2D eigenvalue weighted by molar-refractivity contribution is 0.170. The van der Waals surface area contributed by atoms with Gasteiger partial charge in [0.1, 0.15) is 30.6 Å². The molecule has 0 saturated heterocycles. The van der Waals surface area contributed by atoms with Crippen LogP contribution in [0.1, 0.15) is 5.56 Å². The molecule has 13 heavy (non-hydrogen) atoms. The monoisotopic (exact) mass is 177 g/mol. The smallest absolute Gasteiger partial charge is 0.179 e. The summed E-state index contributed by atoms with van der Waals surface area (Å²) in [5.41, 5.74) is 0.301. The Morgan fingerprint density at radius 3 is 2.85 bits per heavy atom. The summed E-state index contributed by atoms with van der Waals surface area (Å²) in [6.45, 7) is 0.883. The van der Waals surface area contributed by atoms with Crippen molar-refractivity contribution in [1.29, 1.82) is 5.26 Å². The molecule has 66 valence electrons. The van der Waals surface area contributed by atoms with Gasteiger partial charge in [-0.3, -0.25) is 0 Å². The van der Waals surface area contributed by atoms with Crippen LogP contribution in [0.4, 0.5) is 0 Å². The average molecular weight is 177 g/mol. The van der Waals surface area contributed by atoms with Gasteiger partial charge < -0.3 is 14.6 Å². The lowest BCUT2D eigenvalue weighted by atomic mass is 10.2. The maximum absolute atomic E-state index is 9.21. The largest absolute Gasteiger partial charge is 0.508 e. The number of nitriles is 1. The SMILES string of the molecule is N#Cc1cc(O)cc2c1OCCO2. The quantitative estimate of drug-likeness (QED) is 0.643. The molecule has 1 heterocycles. The third-order valence-corrected chi connectivity index (χ3v) is 1.75. The first kappa shape index (κ1) is 7.74. The zero-order valence-corrected chi connectivity index (χ0v) is 6.78. The Morgan fingerprint density at radius 1 is 1.31 bits per heavy atom. The average Bonchev–Trinajstić information content (AvgIpc) is 2.16. The van der Waals surface area contributed by atoms with E-state index in [1.165, 1.54) is 12.1 Å². The maximum Gasteiger partial charge on any atom is 0.179 e. The summed E-state index contributed by atoms with van der Waals surface area (Å²) in [6.07, 6.45) is 0. The van der Waals surface area contributed by atoms with Crippen molar-refractivity contribution in [3.05, 3.63) is 17.7 Å². The van der Waals surface area contributed by atoms with E-state index < -0.39 is 0 Å². The van der Waals surface area contributed by atoms with Crippen LogP contribution in [0.3, 0.4) is 0 Å². The minimum Gasteiger partial charge on any atom is -0.508 e. The zero-order chi connectivity index (χ0) is 9.26. The molecule has 1 N–H and O–H groups in total. The van der Waals surface area contributed by atoms with Crippen LogP contribution < -0.4 is 9.47 Å². The van der Waals surface area contributed by atoms with E-state index in [2.05, 4.69) is 0 Å². The first-order valence-corrected chi connectivity index (χ1v) is 3.84. The summed E-state index contributed by atoms with van der Waals surface area (Å²) in [6, 6.07) is 4.73. The van der Waals surface area contributed by atoms with E-state index in [1.54, 1.807) is 0 Å². The van der Waals surface area contributed by atoms with Gasteiger partial charge in [0.2, 0.25) is 0 Å². The number of nitrogens with zero attached hydrogens (tertiary/aromatic N) is 1. The topological polar surface area (TPSA) is 62.5 Å². The summed E-state index contributed by atoms with van der Waals surface area (Å²) in [4.78, 5) is 0. The number of benzene rings is 1. The Labute approximate surface area is 74.9 Å². The van der Waals surface area contributed by atoms with E-state index >= 15 is 0 Å². The Morgan fingerprint density at radius 2 is 2.08 bits per heavy atom. The highest BCUT2D eigenvalue weighted by Gasteiger charge is 2.17. The van der Waals surface area contributed by atoms with Crippen molar-refractivity contribution in [3.63, 3.8) is 0 Å². The van der Waals surface area contributed by atoms with Crippen molar-refractivity contribution in [3.8, 4) is 23.3 Å². The van der Waals surface area contributed by atoms with Gasteiger partial charge in [-0.05, 0) is 0 Å². The Kier molecular flexibility index (Phi) is 1.71. The first-order valence-electron chi connectivity index (χ1n) is 3.84. The highest BCUT2D eigenvalue weighted by molar-refractivity contribution is 5.56. The molecule has 0 unspecified atom stereocenters. The van der Waals surface area contributed by atoms with Gasteiger partial charge >= 0.3 is 0 Å². The van der Waals surface area contributed by atoms with Gasteiger partial charge in [0.05, 0.1) is 0 Å². The van der Waals surface area contributed by atoms with Crippen LogP contribution in [0.15, 0.2) is 12.1 Å². The molecule has 0 spiro atoms. The van der Waals surface area contributed by atoms with Crippen molar-refractivity contribution in [2.45, 2.75) is 0 Å². The molecule has 1 aromatic carbocycles. The molecule has 1 aliphatic rings. The molecule has 0 aromatic heterocycles. The summed E-state index contributed by atoms with van der Waals surface area (Å²) in [5, 5.41) is 17.9. The number of hydrogen-bond acceptors (Lipinski definition) is 4. The summed E-state index contributed by atoms with van der Waals surface area (Å²) < 4.78 is 10.5. The van der Waals surface area contributed by atoms with Crippen molar-refractivity contribution < 1.29 is 14.6 Å². The molecule has 0 saturated carbocycles. The fraction of sp³-hybridized carbons (Fsp3) is 0.222. The lowest BCUT2D eigenvalue weighted by Crippen LogP contribution is -2.16. The Hall–Kier alpha value is -1.89. The third-order valence-electron chi connectivity index (χ3n) is 1.75. The van der Waals surface area contributed by atoms with E-state index in [4.69, 9.17) is 14.7 Å². The van der Waals surface area contributed by atoms with Gasteiger partial charge in [0, 0.05) is 12.1 Å². The van der Waals surface area contributed by atoms with Gasteiger partial charge in [0.15, 0.2) is 11.5 Å². The van der Waals surface area contributed by atoms with E-state index in [9.17, 15) is 5.11 Å². The van der Waals surface area contributed by atoms with Gasteiger partial charge in [0.25, 0.3) is 0 Å². The predicted molar refractivity (Wildman–Crippen MR) is 43.8 cm³/mol. The van der Waals surface area contributed by atoms with Crippen LogP contribution in [0.5, 0.6) is 17.2 Å². The second kappa shape index (κ2) is 2.87. The molecule has 4 nitrogen and oxygen atoms in total. The van der Waals surface area contributed by atoms with Crippen LogP contribution in [0, 0.1) is 11.3 Å². The fourth-order valence-electron chi connectivity index (χ4n) is 1.22. The van der Waals surface area contributed by atoms with Crippen molar-refractivity contribution >= 4 is 0 Å². The predicted octanol–water partition coefficient (Wildman–Crippen LogP) is 1.04. The molecule has 2 rings (SSSR count). The Bertz CT molecular complexity index is 381. The number of fused-ring (bicyclic) bond motifs is 1. The molecule has 0 bridgehead atoms. The number of ether oxygens (including phenoxy) is 2. The molecule has 1 aliphatic heterocycles. The fourth-order valence-corrected chi connectivity index (χ4v) is 1.22. The molecule has 1 aromatic rings. The lowest BCUT2D eigenvalue weighted by Gasteiger charge is -2.19. The molecule has 0 fully saturated rings. The van der Waals surface area contributed by atoms with E-state index in [0.29, 0.717) is 30.3 Å². The minimum atomic E-state index is 0.0146. The van der Waals surface area contributed by atoms with Crippen LogP contribution >= 0.6 is 0 Å². The van der Waals surface area contributed by atoms with Gasteiger partial charge in [-0.1, -0.05) is 0 Å². The van der Waals surface area contributed by atoms with Crippen molar-refractivity contribution in [2.24, 2.45) is 0 Å². The van der Waals surface area contributed by atoms with Gasteiger partial charge in [-0.2, -0.15) is 5.26 Å². The van der Waals surface area contributed by atoms with Gasteiger partial charge in [-0.15, -0.1) is 0 Å². The number of aromatic hydroxyl groups is 1. The number of phenols is 1. The van der Waals surface area contributed by atoms with Crippen LogP contribution in [-0.4, -0.2) is 18.3 Å². The summed E-state index contributed by atoms with van der Waals surface area (Å²) in [7, 11) is 0. The number of rotatable bonds is 0. The number of phenolic OH excluding ortho intramolecular Hbond substituents is 1. The highest BCUT2D eigenvalue weighted by Crippen LogP contribution is 2.36. The van der Waals surface area contributed by atoms with E-state index in [-0.39, 0.29) is 5.75 Å². The normalized spacial score (nSPS) is 13.5. The summed E-state index contributed by atoms with van der Waals surface area (Å²) >= 11 is 0. The van der Waals surface area contributed by atoms with Crippen LogP contribution in [-0.2, 0) is 0 Å². The molecule has 0 aliphatic carbocycles. The maximum atomic E-state index is 9.21. The molecule has 0 amide bonds. The van der Waals surface area contributed by atoms with E-state index in [0.717, 1.165) is 0 Å². The second-order valence-electron chi connectivity index (χ2n) is 2.63. The van der Waals surface area contributed by atoms with E-state index in [1.807, 2.05) is 6.07 Å².